The van der Waals surface area contributed by atoms with Gasteiger partial charge in [0.1, 0.15) is 17.0 Å². The summed E-state index contributed by atoms with van der Waals surface area (Å²) in [7, 11) is 1.62. The van der Waals surface area contributed by atoms with E-state index in [1.54, 1.807) is 48.2 Å². The van der Waals surface area contributed by atoms with Crippen molar-refractivity contribution in [2.45, 2.75) is 32.9 Å². The summed E-state index contributed by atoms with van der Waals surface area (Å²) in [4.78, 5) is 34.8. The van der Waals surface area contributed by atoms with E-state index in [0.29, 0.717) is 28.0 Å². The van der Waals surface area contributed by atoms with Crippen molar-refractivity contribution in [1.29, 1.82) is 0 Å². The van der Waals surface area contributed by atoms with Gasteiger partial charge in [-0.15, -0.1) is 0 Å². The Morgan fingerprint density at radius 2 is 1.70 bits per heavy atom. The highest BCUT2D eigenvalue weighted by Gasteiger charge is 2.17. The minimum absolute atomic E-state index is 0.0684. The quantitative estimate of drug-likeness (QED) is 0.474. The molecule has 2 aromatic carbocycles. The van der Waals surface area contributed by atoms with Crippen LogP contribution in [-0.2, 0) is 0 Å². The highest BCUT2D eigenvalue weighted by molar-refractivity contribution is 5.95. The molecule has 0 saturated heterocycles. The first kappa shape index (κ1) is 22.2. The van der Waals surface area contributed by atoms with Crippen LogP contribution in [0.4, 0.5) is 0 Å². The molecule has 1 N–H and O–H groups in total. The van der Waals surface area contributed by atoms with Gasteiger partial charge in [-0.3, -0.25) is 14.2 Å². The van der Waals surface area contributed by atoms with Crippen molar-refractivity contribution >= 4 is 17.1 Å². The lowest BCUT2D eigenvalue weighted by Crippen LogP contribution is -2.27. The van der Waals surface area contributed by atoms with Crippen molar-refractivity contribution in [1.82, 2.24) is 19.9 Å². The smallest absolute Gasteiger partial charge is 0.278 e. The number of fused-ring (bicyclic) bond motifs is 1. The summed E-state index contributed by atoms with van der Waals surface area (Å²) in [6.45, 7) is 5.81. The van der Waals surface area contributed by atoms with Gasteiger partial charge in [0, 0.05) is 23.4 Å². The molecule has 0 aliphatic heterocycles. The minimum Gasteiger partial charge on any atom is -0.497 e. The Labute approximate surface area is 192 Å². The Kier molecular flexibility index (Phi) is 6.22. The Balaban J connectivity index is 1.59. The average Bonchev–Trinajstić information content (AvgIpc) is 2.83. The molecule has 7 nitrogen and oxygen atoms in total. The number of methoxy groups -OCH3 is 1. The fourth-order valence-electron chi connectivity index (χ4n) is 3.74. The van der Waals surface area contributed by atoms with Gasteiger partial charge in [0.2, 0.25) is 0 Å². The number of benzene rings is 2. The molecule has 4 aromatic rings. The van der Waals surface area contributed by atoms with Crippen LogP contribution in [0.5, 0.6) is 5.75 Å². The van der Waals surface area contributed by atoms with E-state index in [0.717, 1.165) is 11.3 Å². The van der Waals surface area contributed by atoms with Crippen LogP contribution in [0.15, 0.2) is 71.7 Å². The zero-order valence-corrected chi connectivity index (χ0v) is 19.1. The number of carbonyl (C=O) groups excluding carboxylic acids is 1. The Morgan fingerprint density at radius 3 is 2.33 bits per heavy atom. The maximum Gasteiger partial charge on any atom is 0.278 e. The number of nitrogens with one attached hydrogen (secondary N) is 1. The van der Waals surface area contributed by atoms with Crippen LogP contribution < -0.4 is 15.6 Å². The first-order valence-corrected chi connectivity index (χ1v) is 10.8. The molecule has 0 saturated carbocycles. The van der Waals surface area contributed by atoms with Crippen LogP contribution in [0, 0.1) is 0 Å². The summed E-state index contributed by atoms with van der Waals surface area (Å²) < 4.78 is 6.83. The van der Waals surface area contributed by atoms with Gasteiger partial charge in [0.15, 0.2) is 5.65 Å². The molecule has 1 unspecified atom stereocenters. The van der Waals surface area contributed by atoms with Gasteiger partial charge < -0.3 is 10.1 Å². The number of hydrogen-bond acceptors (Lipinski definition) is 5. The third kappa shape index (κ3) is 4.48. The van der Waals surface area contributed by atoms with E-state index in [4.69, 9.17) is 4.74 Å². The number of hydrogen-bond donors (Lipinski definition) is 1. The SMILES string of the molecule is COc1ccc(C(C)NC(=O)c2ccc(-c3nc4cccnc4n(C(C)C)c3=O)cc2)cc1. The maximum atomic E-state index is 13.2. The molecule has 33 heavy (non-hydrogen) atoms. The number of aromatic nitrogens is 3. The standard InChI is InChI=1S/C26H26N4O3/c1-16(2)30-24-22(6-5-15-27-24)29-23(26(30)32)19-7-9-20(10-8-19)25(31)28-17(3)18-11-13-21(33-4)14-12-18/h5-17H,1-4H3,(H,28,31). The molecule has 0 radical (unpaired) electrons. The summed E-state index contributed by atoms with van der Waals surface area (Å²) >= 11 is 0. The fraction of sp³-hybridized carbons (Fsp3) is 0.231. The summed E-state index contributed by atoms with van der Waals surface area (Å²) in [6, 6.07) is 17.9. The van der Waals surface area contributed by atoms with Gasteiger partial charge in [-0.1, -0.05) is 24.3 Å². The maximum absolute atomic E-state index is 13.2. The normalized spacial score (nSPS) is 12.0. The van der Waals surface area contributed by atoms with Crippen molar-refractivity contribution in [2.75, 3.05) is 7.11 Å². The number of nitrogens with zero attached hydrogens (tertiary/aromatic N) is 3. The highest BCUT2D eigenvalue weighted by atomic mass is 16.5. The molecule has 168 valence electrons. The highest BCUT2D eigenvalue weighted by Crippen LogP contribution is 2.21. The average molecular weight is 443 g/mol. The Bertz CT molecular complexity index is 1340. The molecule has 0 bridgehead atoms. The lowest BCUT2D eigenvalue weighted by molar-refractivity contribution is 0.0940. The van der Waals surface area contributed by atoms with Crippen LogP contribution >= 0.6 is 0 Å². The van der Waals surface area contributed by atoms with Crippen molar-refractivity contribution in [2.24, 2.45) is 0 Å². The number of ether oxygens (including phenoxy) is 1. The van der Waals surface area contributed by atoms with Crippen molar-refractivity contribution in [3.8, 4) is 17.0 Å². The molecule has 0 aliphatic carbocycles. The molecule has 1 amide bonds. The van der Waals surface area contributed by atoms with Crippen molar-refractivity contribution in [3.05, 3.63) is 88.3 Å². The van der Waals surface area contributed by atoms with Gasteiger partial charge in [-0.2, -0.15) is 0 Å². The van der Waals surface area contributed by atoms with Crippen LogP contribution in [-0.4, -0.2) is 27.6 Å². The molecule has 2 heterocycles. The van der Waals surface area contributed by atoms with E-state index < -0.39 is 0 Å². The molecule has 2 aromatic heterocycles. The second-order valence-electron chi connectivity index (χ2n) is 8.12. The Hall–Kier alpha value is -4.00. The van der Waals surface area contributed by atoms with Crippen molar-refractivity contribution < 1.29 is 9.53 Å². The molecule has 7 heteroatoms. The van der Waals surface area contributed by atoms with Crippen LogP contribution in [0.3, 0.4) is 0 Å². The molecule has 0 spiro atoms. The van der Waals surface area contributed by atoms with E-state index >= 15 is 0 Å². The van der Waals surface area contributed by atoms with E-state index in [2.05, 4.69) is 15.3 Å². The first-order valence-electron chi connectivity index (χ1n) is 10.8. The second-order valence-corrected chi connectivity index (χ2v) is 8.12. The van der Waals surface area contributed by atoms with E-state index in [9.17, 15) is 9.59 Å². The molecule has 0 aliphatic rings. The second kappa shape index (κ2) is 9.24. The van der Waals surface area contributed by atoms with Gasteiger partial charge in [-0.05, 0) is 62.7 Å². The molecular weight excluding hydrogens is 416 g/mol. The number of carbonyl (C=O) groups is 1. The Morgan fingerprint density at radius 1 is 1.00 bits per heavy atom. The third-order valence-corrected chi connectivity index (χ3v) is 5.55. The molecular formula is C26H26N4O3. The van der Waals surface area contributed by atoms with Crippen LogP contribution in [0.1, 0.15) is 48.8 Å². The monoisotopic (exact) mass is 442 g/mol. The predicted molar refractivity (Wildman–Crippen MR) is 128 cm³/mol. The molecule has 0 fully saturated rings. The fourth-order valence-corrected chi connectivity index (χ4v) is 3.74. The summed E-state index contributed by atoms with van der Waals surface area (Å²) in [5, 5.41) is 3.00. The van der Waals surface area contributed by atoms with Crippen LogP contribution in [0.2, 0.25) is 0 Å². The van der Waals surface area contributed by atoms with E-state index in [1.807, 2.05) is 51.1 Å². The largest absolute Gasteiger partial charge is 0.497 e. The minimum atomic E-state index is -0.207. The lowest BCUT2D eigenvalue weighted by Gasteiger charge is -2.16. The lowest BCUT2D eigenvalue weighted by atomic mass is 10.1. The van der Waals surface area contributed by atoms with Gasteiger partial charge in [-0.25, -0.2) is 9.97 Å². The number of amides is 1. The van der Waals surface area contributed by atoms with E-state index in [1.165, 1.54) is 0 Å². The van der Waals surface area contributed by atoms with Gasteiger partial charge in [0.05, 0.1) is 13.2 Å². The first-order chi connectivity index (χ1) is 15.9. The summed E-state index contributed by atoms with van der Waals surface area (Å²) in [5.41, 5.74) is 3.47. The zero-order valence-electron chi connectivity index (χ0n) is 19.1. The van der Waals surface area contributed by atoms with Gasteiger partial charge in [0.25, 0.3) is 11.5 Å². The van der Waals surface area contributed by atoms with Gasteiger partial charge >= 0.3 is 0 Å². The van der Waals surface area contributed by atoms with Crippen LogP contribution in [0.25, 0.3) is 22.4 Å². The molecule has 1 atom stereocenters. The number of rotatable bonds is 6. The van der Waals surface area contributed by atoms with E-state index in [-0.39, 0.29) is 23.6 Å². The number of pyridine rings is 1. The summed E-state index contributed by atoms with van der Waals surface area (Å²) in [6.07, 6.45) is 1.66. The predicted octanol–water partition coefficient (Wildman–Crippen LogP) is 4.54. The topological polar surface area (TPSA) is 86.1 Å². The zero-order chi connectivity index (χ0) is 23.5. The third-order valence-electron chi connectivity index (χ3n) is 5.55. The molecule has 4 rings (SSSR count). The van der Waals surface area contributed by atoms with Crippen molar-refractivity contribution in [3.63, 3.8) is 0 Å². The summed E-state index contributed by atoms with van der Waals surface area (Å²) in [5.74, 6) is 0.572.